The predicted molar refractivity (Wildman–Crippen MR) is 110 cm³/mol. The smallest absolute Gasteiger partial charge is 0.255 e. The average Bonchev–Trinajstić information content (AvgIpc) is 2.55. The number of rotatable bonds is 6. The summed E-state index contributed by atoms with van der Waals surface area (Å²) in [7, 11) is -3.87. The minimum absolute atomic E-state index is 0.0471. The number of thioether (sulfide) groups is 1. The van der Waals surface area contributed by atoms with Crippen molar-refractivity contribution < 1.29 is 13.2 Å². The van der Waals surface area contributed by atoms with Gasteiger partial charge in [-0.1, -0.05) is 18.5 Å². The van der Waals surface area contributed by atoms with Crippen LogP contribution in [0.5, 0.6) is 0 Å². The Morgan fingerprint density at radius 3 is 2.48 bits per heavy atom. The molecule has 0 radical (unpaired) electrons. The molecule has 0 aliphatic rings. The Morgan fingerprint density at radius 1 is 1.22 bits per heavy atom. The predicted octanol–water partition coefficient (Wildman–Crippen LogP) is 4.18. The molecule has 0 bridgehead atoms. The van der Waals surface area contributed by atoms with Crippen molar-refractivity contribution in [3.05, 3.63) is 47.1 Å². The lowest BCUT2D eigenvalue weighted by Gasteiger charge is -2.21. The van der Waals surface area contributed by atoms with Crippen LogP contribution < -0.4 is 10.0 Å². The summed E-state index contributed by atoms with van der Waals surface area (Å²) in [6.07, 6.45) is 1.56. The van der Waals surface area contributed by atoms with Gasteiger partial charge in [-0.3, -0.25) is 4.79 Å². The van der Waals surface area contributed by atoms with Gasteiger partial charge in [0, 0.05) is 11.1 Å². The molecule has 0 fully saturated rings. The van der Waals surface area contributed by atoms with Crippen LogP contribution in [0.3, 0.4) is 0 Å². The first-order chi connectivity index (χ1) is 12.5. The Hall–Kier alpha value is -1.61. The Morgan fingerprint density at radius 2 is 1.93 bits per heavy atom. The van der Waals surface area contributed by atoms with E-state index in [0.29, 0.717) is 5.69 Å². The van der Waals surface area contributed by atoms with Gasteiger partial charge in [0.15, 0.2) is 0 Å². The summed E-state index contributed by atoms with van der Waals surface area (Å²) in [5, 5.41) is 3.62. The number of hydrogen-bond donors (Lipinski definition) is 2. The molecule has 27 heavy (non-hydrogen) atoms. The topological polar surface area (TPSA) is 88.2 Å². The van der Waals surface area contributed by atoms with Gasteiger partial charge >= 0.3 is 0 Å². The third-order valence-corrected chi connectivity index (χ3v) is 6.28. The maximum Gasteiger partial charge on any atom is 0.255 e. The molecule has 0 spiro atoms. The van der Waals surface area contributed by atoms with Crippen LogP contribution in [0.1, 0.15) is 38.1 Å². The van der Waals surface area contributed by atoms with Crippen LogP contribution in [0.2, 0.25) is 5.02 Å². The van der Waals surface area contributed by atoms with Gasteiger partial charge in [0.2, 0.25) is 10.0 Å². The summed E-state index contributed by atoms with van der Waals surface area (Å²) in [5.74, 6) is 0.458. The zero-order chi connectivity index (χ0) is 20.2. The fourth-order valence-electron chi connectivity index (χ4n) is 2.20. The summed E-state index contributed by atoms with van der Waals surface area (Å²) in [4.78, 5) is 16.6. The number of nitrogens with one attached hydrogen (secondary N) is 2. The Bertz CT molecular complexity index is 924. The zero-order valence-corrected chi connectivity index (χ0v) is 17.9. The molecule has 0 saturated carbocycles. The number of carbonyl (C=O) groups excluding carboxylic acids is 1. The van der Waals surface area contributed by atoms with Crippen molar-refractivity contribution in [1.82, 2.24) is 9.71 Å². The molecule has 146 valence electrons. The highest BCUT2D eigenvalue weighted by Gasteiger charge is 2.25. The largest absolute Gasteiger partial charge is 0.321 e. The van der Waals surface area contributed by atoms with Gasteiger partial charge in [-0.05, 0) is 56.9 Å². The Labute approximate surface area is 169 Å². The average molecular weight is 428 g/mol. The number of aromatic nitrogens is 1. The van der Waals surface area contributed by atoms with Crippen LogP contribution in [-0.4, -0.2) is 30.6 Å². The number of carbonyl (C=O) groups is 1. The summed E-state index contributed by atoms with van der Waals surface area (Å²) in [5.41, 5.74) is 0.0259. The van der Waals surface area contributed by atoms with Crippen molar-refractivity contribution in [3.63, 3.8) is 0 Å². The first kappa shape index (κ1) is 21.7. The molecular weight excluding hydrogens is 406 g/mol. The van der Waals surface area contributed by atoms with Crippen molar-refractivity contribution in [3.8, 4) is 0 Å². The van der Waals surface area contributed by atoms with Crippen LogP contribution in [0.4, 0.5) is 5.69 Å². The summed E-state index contributed by atoms with van der Waals surface area (Å²) in [6.45, 7) is 7.20. The normalized spacial score (nSPS) is 12.0. The molecule has 0 aliphatic heterocycles. The van der Waals surface area contributed by atoms with Crippen LogP contribution in [0.15, 0.2) is 46.5 Å². The molecule has 1 aromatic heterocycles. The number of hydrogen-bond acceptors (Lipinski definition) is 5. The van der Waals surface area contributed by atoms with Gasteiger partial charge in [-0.25, -0.2) is 18.1 Å². The fourth-order valence-corrected chi connectivity index (χ4v) is 4.73. The molecule has 2 N–H and O–H groups in total. The maximum atomic E-state index is 12.6. The highest BCUT2D eigenvalue weighted by molar-refractivity contribution is 7.99. The number of anilines is 1. The van der Waals surface area contributed by atoms with Gasteiger partial charge in [-0.15, -0.1) is 11.8 Å². The van der Waals surface area contributed by atoms with Gasteiger partial charge in [-0.2, -0.15) is 0 Å². The maximum absolute atomic E-state index is 12.6. The van der Waals surface area contributed by atoms with Crippen LogP contribution in [0.25, 0.3) is 0 Å². The molecule has 6 nitrogen and oxygen atoms in total. The van der Waals surface area contributed by atoms with E-state index < -0.39 is 21.5 Å². The molecule has 9 heteroatoms. The summed E-state index contributed by atoms with van der Waals surface area (Å²) in [6, 6.07) is 7.70. The first-order valence-corrected chi connectivity index (χ1v) is 11.1. The molecule has 0 atom stereocenters. The van der Waals surface area contributed by atoms with Crippen molar-refractivity contribution in [2.45, 2.75) is 43.2 Å². The summed E-state index contributed by atoms with van der Waals surface area (Å²) < 4.78 is 27.7. The molecule has 2 aromatic rings. The number of halogens is 1. The van der Waals surface area contributed by atoms with Crippen molar-refractivity contribution in [1.29, 1.82) is 0 Å². The molecule has 1 aromatic carbocycles. The minimum atomic E-state index is -3.87. The van der Waals surface area contributed by atoms with E-state index >= 15 is 0 Å². The third-order valence-electron chi connectivity index (χ3n) is 3.21. The quantitative estimate of drug-likeness (QED) is 0.675. The highest BCUT2D eigenvalue weighted by atomic mass is 35.5. The molecule has 0 saturated heterocycles. The van der Waals surface area contributed by atoms with Crippen molar-refractivity contribution in [2.75, 3.05) is 11.1 Å². The standard InChI is InChI=1S/C18H22ClN3O3S2/c1-5-26-16-9-7-13(11-20-16)21-17(23)12-6-8-14(19)15(10-12)27(24,25)22-18(2,3)4/h6-11,22H,5H2,1-4H3,(H,21,23). The molecular formula is C18H22ClN3O3S2. The lowest BCUT2D eigenvalue weighted by Crippen LogP contribution is -2.40. The lowest BCUT2D eigenvalue weighted by molar-refractivity contribution is 0.102. The highest BCUT2D eigenvalue weighted by Crippen LogP contribution is 2.24. The number of nitrogens with zero attached hydrogens (tertiary/aromatic N) is 1. The second-order valence-electron chi connectivity index (χ2n) is 6.77. The van der Waals surface area contributed by atoms with E-state index in [9.17, 15) is 13.2 Å². The lowest BCUT2D eigenvalue weighted by atomic mass is 10.1. The van der Waals surface area contributed by atoms with Crippen molar-refractivity contribution >= 4 is 45.0 Å². The minimum Gasteiger partial charge on any atom is -0.321 e. The van der Waals surface area contributed by atoms with E-state index in [1.54, 1.807) is 44.8 Å². The molecule has 0 unspecified atom stereocenters. The molecule has 0 aliphatic carbocycles. The molecule has 1 heterocycles. The van der Waals surface area contributed by atoms with Crippen LogP contribution >= 0.6 is 23.4 Å². The van der Waals surface area contributed by atoms with Gasteiger partial charge in [0.25, 0.3) is 5.91 Å². The van der Waals surface area contributed by atoms with E-state index in [1.807, 2.05) is 13.0 Å². The SMILES string of the molecule is CCSc1ccc(NC(=O)c2ccc(Cl)c(S(=O)(=O)NC(C)(C)C)c2)cn1. The zero-order valence-electron chi connectivity index (χ0n) is 15.5. The van der Waals surface area contributed by atoms with E-state index in [0.717, 1.165) is 10.8 Å². The molecule has 1 amide bonds. The van der Waals surface area contributed by atoms with Gasteiger partial charge in [0.1, 0.15) is 4.90 Å². The summed E-state index contributed by atoms with van der Waals surface area (Å²) >= 11 is 7.66. The van der Waals surface area contributed by atoms with E-state index in [4.69, 9.17) is 11.6 Å². The number of amides is 1. The van der Waals surface area contributed by atoms with Crippen LogP contribution in [0, 0.1) is 0 Å². The first-order valence-electron chi connectivity index (χ1n) is 8.25. The monoisotopic (exact) mass is 427 g/mol. The number of sulfonamides is 1. The van der Waals surface area contributed by atoms with E-state index in [2.05, 4.69) is 15.0 Å². The van der Waals surface area contributed by atoms with E-state index in [-0.39, 0.29) is 15.5 Å². The van der Waals surface area contributed by atoms with Gasteiger partial charge in [0.05, 0.1) is 21.9 Å². The third kappa shape index (κ3) is 6.21. The fraction of sp³-hybridized carbons (Fsp3) is 0.333. The molecule has 2 rings (SSSR count). The number of pyridine rings is 1. The second kappa shape index (κ2) is 8.60. The van der Waals surface area contributed by atoms with Gasteiger partial charge < -0.3 is 5.32 Å². The van der Waals surface area contributed by atoms with E-state index in [1.165, 1.54) is 18.2 Å². The number of benzene rings is 1. The second-order valence-corrected chi connectivity index (χ2v) is 10.1. The Balaban J connectivity index is 2.25. The Kier molecular flexibility index (Phi) is 6.91. The van der Waals surface area contributed by atoms with Crippen molar-refractivity contribution in [2.24, 2.45) is 0 Å². The van der Waals surface area contributed by atoms with Crippen LogP contribution in [-0.2, 0) is 10.0 Å².